The Kier molecular flexibility index (Phi) is 6.05. The summed E-state index contributed by atoms with van der Waals surface area (Å²) >= 11 is 4.31. The van der Waals surface area contributed by atoms with Gasteiger partial charge in [0.25, 0.3) is 0 Å². The molecular formula is C14H20O3S. The van der Waals surface area contributed by atoms with Crippen LogP contribution in [-0.4, -0.2) is 25.4 Å². The number of rotatable bonds is 6. The van der Waals surface area contributed by atoms with Crippen LogP contribution in [0.3, 0.4) is 0 Å². The van der Waals surface area contributed by atoms with Crippen molar-refractivity contribution in [2.45, 2.75) is 13.8 Å². The Morgan fingerprint density at radius 1 is 1.33 bits per heavy atom. The maximum Gasteiger partial charge on any atom is 0.341 e. The normalized spacial score (nSPS) is 12.3. The molecule has 0 amide bonds. The van der Waals surface area contributed by atoms with Gasteiger partial charge in [0.05, 0.1) is 13.7 Å². The molecule has 1 aromatic rings. The third kappa shape index (κ3) is 3.95. The van der Waals surface area contributed by atoms with E-state index in [9.17, 15) is 4.79 Å². The summed E-state index contributed by atoms with van der Waals surface area (Å²) in [7, 11) is 1.36. The Morgan fingerprint density at radius 3 is 2.56 bits per heavy atom. The molecule has 0 aliphatic carbocycles. The molecule has 0 radical (unpaired) electrons. The Balaban J connectivity index is 2.75. The van der Waals surface area contributed by atoms with Crippen LogP contribution in [0.25, 0.3) is 0 Å². The topological polar surface area (TPSA) is 35.5 Å². The number of hydrogen-bond acceptors (Lipinski definition) is 4. The van der Waals surface area contributed by atoms with Crippen molar-refractivity contribution in [3.05, 3.63) is 29.8 Å². The lowest BCUT2D eigenvalue weighted by atomic mass is 9.99. The van der Waals surface area contributed by atoms with Crippen LogP contribution in [0.15, 0.2) is 24.3 Å². The van der Waals surface area contributed by atoms with Crippen LogP contribution in [0.5, 0.6) is 5.75 Å². The first kappa shape index (κ1) is 14.9. The van der Waals surface area contributed by atoms with Gasteiger partial charge in [0.1, 0.15) is 11.3 Å². The highest BCUT2D eigenvalue weighted by molar-refractivity contribution is 7.80. The van der Waals surface area contributed by atoms with Crippen LogP contribution >= 0.6 is 12.6 Å². The number of methoxy groups -OCH3 is 1. The van der Waals surface area contributed by atoms with Crippen LogP contribution in [-0.2, 0) is 4.74 Å². The highest BCUT2D eigenvalue weighted by Gasteiger charge is 2.16. The third-order valence-electron chi connectivity index (χ3n) is 2.92. The van der Waals surface area contributed by atoms with Crippen LogP contribution in [0, 0.1) is 11.8 Å². The van der Waals surface area contributed by atoms with Gasteiger partial charge in [-0.15, -0.1) is 0 Å². The standard InChI is InChI=1S/C14H20O3S/c1-10(2)11(9-18)8-17-13-7-5-4-6-12(13)14(15)16-3/h4-7,10-11,18H,8-9H2,1-3H3. The molecule has 0 heterocycles. The molecule has 0 aliphatic rings. The number of para-hydroxylation sites is 1. The quantitative estimate of drug-likeness (QED) is 0.636. The molecule has 1 aromatic carbocycles. The van der Waals surface area contributed by atoms with Crippen LogP contribution in [0.4, 0.5) is 0 Å². The van der Waals surface area contributed by atoms with E-state index in [1.165, 1.54) is 7.11 Å². The Hall–Kier alpha value is -1.16. The molecule has 3 nitrogen and oxygen atoms in total. The predicted molar refractivity (Wildman–Crippen MR) is 75.5 cm³/mol. The molecule has 18 heavy (non-hydrogen) atoms. The number of thiol groups is 1. The van der Waals surface area contributed by atoms with E-state index in [0.29, 0.717) is 29.8 Å². The van der Waals surface area contributed by atoms with Gasteiger partial charge in [-0.05, 0) is 23.8 Å². The summed E-state index contributed by atoms with van der Waals surface area (Å²) in [6.07, 6.45) is 0. The molecule has 0 aliphatic heterocycles. The van der Waals surface area contributed by atoms with Crippen LogP contribution < -0.4 is 4.74 Å². The van der Waals surface area contributed by atoms with E-state index in [4.69, 9.17) is 9.47 Å². The first-order valence-corrected chi connectivity index (χ1v) is 6.64. The van der Waals surface area contributed by atoms with Crippen molar-refractivity contribution < 1.29 is 14.3 Å². The van der Waals surface area contributed by atoms with E-state index < -0.39 is 0 Å². The van der Waals surface area contributed by atoms with Gasteiger partial charge >= 0.3 is 5.97 Å². The Bertz CT molecular complexity index is 390. The molecule has 0 saturated heterocycles. The lowest BCUT2D eigenvalue weighted by molar-refractivity contribution is 0.0595. The van der Waals surface area contributed by atoms with E-state index in [1.54, 1.807) is 18.2 Å². The van der Waals surface area contributed by atoms with Crippen molar-refractivity contribution in [1.29, 1.82) is 0 Å². The zero-order chi connectivity index (χ0) is 13.5. The first-order valence-electron chi connectivity index (χ1n) is 6.01. The van der Waals surface area contributed by atoms with Crippen molar-refractivity contribution in [3.63, 3.8) is 0 Å². The predicted octanol–water partition coefficient (Wildman–Crippen LogP) is 3.05. The zero-order valence-corrected chi connectivity index (χ0v) is 11.9. The van der Waals surface area contributed by atoms with Crippen LogP contribution in [0.1, 0.15) is 24.2 Å². The summed E-state index contributed by atoms with van der Waals surface area (Å²) in [5.41, 5.74) is 0.460. The number of carbonyl (C=O) groups excluding carboxylic acids is 1. The smallest absolute Gasteiger partial charge is 0.341 e. The summed E-state index contributed by atoms with van der Waals surface area (Å²) in [5.74, 6) is 1.80. The largest absolute Gasteiger partial charge is 0.492 e. The second-order valence-corrected chi connectivity index (χ2v) is 4.85. The summed E-state index contributed by atoms with van der Waals surface area (Å²) in [6, 6.07) is 7.11. The van der Waals surface area contributed by atoms with E-state index in [-0.39, 0.29) is 5.97 Å². The zero-order valence-electron chi connectivity index (χ0n) is 11.1. The summed E-state index contributed by atoms with van der Waals surface area (Å²) < 4.78 is 10.4. The van der Waals surface area contributed by atoms with Gasteiger partial charge in [-0.3, -0.25) is 0 Å². The lowest BCUT2D eigenvalue weighted by Crippen LogP contribution is -2.20. The highest BCUT2D eigenvalue weighted by Crippen LogP contribution is 2.21. The van der Waals surface area contributed by atoms with E-state index in [2.05, 4.69) is 26.5 Å². The maximum atomic E-state index is 11.6. The molecule has 1 atom stereocenters. The maximum absolute atomic E-state index is 11.6. The van der Waals surface area contributed by atoms with E-state index in [1.807, 2.05) is 6.07 Å². The molecule has 1 rings (SSSR count). The third-order valence-corrected chi connectivity index (χ3v) is 3.39. The van der Waals surface area contributed by atoms with Crippen molar-refractivity contribution in [1.82, 2.24) is 0 Å². The van der Waals surface area contributed by atoms with E-state index >= 15 is 0 Å². The number of hydrogen-bond donors (Lipinski definition) is 1. The van der Waals surface area contributed by atoms with Gasteiger partial charge in [0.15, 0.2) is 0 Å². The number of benzene rings is 1. The average Bonchev–Trinajstić information content (AvgIpc) is 2.38. The second kappa shape index (κ2) is 7.31. The van der Waals surface area contributed by atoms with E-state index in [0.717, 1.165) is 5.75 Å². The fraction of sp³-hybridized carbons (Fsp3) is 0.500. The first-order chi connectivity index (χ1) is 8.60. The monoisotopic (exact) mass is 268 g/mol. The van der Waals surface area contributed by atoms with Crippen molar-refractivity contribution in [3.8, 4) is 5.75 Å². The van der Waals surface area contributed by atoms with Gasteiger partial charge in [0, 0.05) is 5.92 Å². The Morgan fingerprint density at radius 2 is 2.00 bits per heavy atom. The van der Waals surface area contributed by atoms with Gasteiger partial charge in [-0.25, -0.2) is 4.79 Å². The van der Waals surface area contributed by atoms with Gasteiger partial charge < -0.3 is 9.47 Å². The molecule has 4 heteroatoms. The van der Waals surface area contributed by atoms with Crippen molar-refractivity contribution >= 4 is 18.6 Å². The number of esters is 1. The van der Waals surface area contributed by atoms with Crippen LogP contribution in [0.2, 0.25) is 0 Å². The SMILES string of the molecule is COC(=O)c1ccccc1OCC(CS)C(C)C. The Labute approximate surface area is 114 Å². The van der Waals surface area contributed by atoms with Crippen molar-refractivity contribution in [2.75, 3.05) is 19.5 Å². The molecule has 1 unspecified atom stereocenters. The highest BCUT2D eigenvalue weighted by atomic mass is 32.1. The van der Waals surface area contributed by atoms with Gasteiger partial charge in [0.2, 0.25) is 0 Å². The molecule has 0 N–H and O–H groups in total. The summed E-state index contributed by atoms with van der Waals surface area (Å²) in [4.78, 5) is 11.6. The summed E-state index contributed by atoms with van der Waals surface area (Å²) in [5, 5.41) is 0. The fourth-order valence-corrected chi connectivity index (χ4v) is 2.05. The second-order valence-electron chi connectivity index (χ2n) is 4.49. The average molecular weight is 268 g/mol. The minimum Gasteiger partial charge on any atom is -0.492 e. The summed E-state index contributed by atoms with van der Waals surface area (Å²) in [6.45, 7) is 4.82. The molecule has 0 bridgehead atoms. The molecule has 0 aromatic heterocycles. The molecular weight excluding hydrogens is 248 g/mol. The van der Waals surface area contributed by atoms with Gasteiger partial charge in [-0.1, -0.05) is 26.0 Å². The molecule has 0 spiro atoms. The number of carbonyl (C=O) groups is 1. The minimum absolute atomic E-state index is 0.360. The molecule has 0 fully saturated rings. The fourth-order valence-electron chi connectivity index (χ4n) is 1.52. The number of ether oxygens (including phenoxy) is 2. The molecule has 0 saturated carbocycles. The molecule has 100 valence electrons. The lowest BCUT2D eigenvalue weighted by Gasteiger charge is -2.19. The van der Waals surface area contributed by atoms with Gasteiger partial charge in [-0.2, -0.15) is 12.6 Å². The minimum atomic E-state index is -0.377. The van der Waals surface area contributed by atoms with Crippen molar-refractivity contribution in [2.24, 2.45) is 11.8 Å².